The quantitative estimate of drug-likeness (QED) is 0.657. The van der Waals surface area contributed by atoms with Crippen LogP contribution in [0, 0.1) is 23.0 Å². The Hall–Kier alpha value is -1.62. The Morgan fingerprint density at radius 3 is 2.83 bits per heavy atom. The van der Waals surface area contributed by atoms with E-state index in [1.807, 2.05) is 19.9 Å². The molecule has 2 atom stereocenters. The van der Waals surface area contributed by atoms with Gasteiger partial charge in [0.1, 0.15) is 5.69 Å². The van der Waals surface area contributed by atoms with Crippen LogP contribution >= 0.6 is 0 Å². The molecule has 0 aromatic heterocycles. The number of nitrogens with zero attached hydrogens (tertiary/aromatic N) is 2. The summed E-state index contributed by atoms with van der Waals surface area (Å²) in [5.74, 6) is 0.421. The molecule has 5 heteroatoms. The predicted octanol–water partition coefficient (Wildman–Crippen LogP) is 2.08. The fraction of sp³-hybridized carbons (Fsp3) is 0.538. The number of hydrogen-bond acceptors (Lipinski definition) is 4. The number of nitro benzene ring substituents is 1. The molecule has 5 nitrogen and oxygen atoms in total. The second kappa shape index (κ2) is 4.94. The number of benzene rings is 1. The van der Waals surface area contributed by atoms with Gasteiger partial charge in [0.25, 0.3) is 5.69 Å². The topological polar surface area (TPSA) is 72.4 Å². The van der Waals surface area contributed by atoms with Crippen molar-refractivity contribution < 1.29 is 4.92 Å². The number of nitro groups is 1. The van der Waals surface area contributed by atoms with Gasteiger partial charge in [0.05, 0.1) is 4.92 Å². The number of hydrogen-bond donors (Lipinski definition) is 1. The monoisotopic (exact) mass is 249 g/mol. The van der Waals surface area contributed by atoms with Crippen molar-refractivity contribution in [1.29, 1.82) is 0 Å². The van der Waals surface area contributed by atoms with E-state index in [2.05, 4.69) is 4.90 Å². The number of nitrogens with two attached hydrogens (primary N) is 1. The molecular formula is C13H19N3O2. The maximum Gasteiger partial charge on any atom is 0.292 e. The second-order valence-electron chi connectivity index (χ2n) is 5.05. The highest BCUT2D eigenvalue weighted by Gasteiger charge is 2.30. The third kappa shape index (κ3) is 2.31. The molecule has 0 bridgehead atoms. The summed E-state index contributed by atoms with van der Waals surface area (Å²) < 4.78 is 0. The molecule has 2 rings (SSSR count). The third-order valence-electron chi connectivity index (χ3n) is 3.70. The second-order valence-corrected chi connectivity index (χ2v) is 5.05. The zero-order valence-corrected chi connectivity index (χ0v) is 10.8. The van der Waals surface area contributed by atoms with Crippen LogP contribution in [0.3, 0.4) is 0 Å². The molecule has 1 heterocycles. The van der Waals surface area contributed by atoms with E-state index in [1.165, 1.54) is 0 Å². The summed E-state index contributed by atoms with van der Waals surface area (Å²) in [4.78, 5) is 12.9. The third-order valence-corrected chi connectivity index (χ3v) is 3.70. The van der Waals surface area contributed by atoms with Gasteiger partial charge in [0, 0.05) is 25.2 Å². The van der Waals surface area contributed by atoms with Crippen LogP contribution in [0.4, 0.5) is 11.4 Å². The van der Waals surface area contributed by atoms with Crippen LogP contribution in [0.5, 0.6) is 0 Å². The highest BCUT2D eigenvalue weighted by molar-refractivity contribution is 5.68. The molecule has 2 N–H and O–H groups in total. The van der Waals surface area contributed by atoms with Crippen molar-refractivity contribution in [3.8, 4) is 0 Å². The van der Waals surface area contributed by atoms with Gasteiger partial charge >= 0.3 is 0 Å². The van der Waals surface area contributed by atoms with E-state index in [0.717, 1.165) is 30.8 Å². The lowest BCUT2D eigenvalue weighted by molar-refractivity contribution is -0.384. The van der Waals surface area contributed by atoms with E-state index in [9.17, 15) is 10.1 Å². The van der Waals surface area contributed by atoms with Gasteiger partial charge in [-0.05, 0) is 31.7 Å². The van der Waals surface area contributed by atoms with Crippen molar-refractivity contribution in [2.75, 3.05) is 18.0 Å². The lowest BCUT2D eigenvalue weighted by Crippen LogP contribution is -2.30. The van der Waals surface area contributed by atoms with E-state index < -0.39 is 0 Å². The van der Waals surface area contributed by atoms with E-state index in [-0.39, 0.29) is 16.7 Å². The van der Waals surface area contributed by atoms with Gasteiger partial charge in [0.15, 0.2) is 0 Å². The molecule has 0 amide bonds. The van der Waals surface area contributed by atoms with Crippen LogP contribution in [-0.2, 0) is 0 Å². The minimum atomic E-state index is -0.304. The summed E-state index contributed by atoms with van der Waals surface area (Å²) in [5.41, 5.74) is 7.82. The van der Waals surface area contributed by atoms with Gasteiger partial charge in [-0.25, -0.2) is 0 Å². The van der Waals surface area contributed by atoms with Crippen LogP contribution in [0.15, 0.2) is 18.2 Å². The Kier molecular flexibility index (Phi) is 3.52. The summed E-state index contributed by atoms with van der Waals surface area (Å²) in [5, 5.41) is 11.1. The van der Waals surface area contributed by atoms with E-state index in [1.54, 1.807) is 12.1 Å². The minimum absolute atomic E-state index is 0.137. The molecule has 0 saturated carbocycles. The maximum atomic E-state index is 11.1. The predicted molar refractivity (Wildman–Crippen MR) is 71.8 cm³/mol. The van der Waals surface area contributed by atoms with E-state index in [4.69, 9.17) is 5.73 Å². The van der Waals surface area contributed by atoms with Crippen LogP contribution < -0.4 is 10.6 Å². The zero-order chi connectivity index (χ0) is 13.3. The number of rotatable bonds is 3. The molecule has 1 fully saturated rings. The van der Waals surface area contributed by atoms with Crippen molar-refractivity contribution in [2.45, 2.75) is 26.3 Å². The van der Waals surface area contributed by atoms with Crippen LogP contribution in [-0.4, -0.2) is 24.1 Å². The molecule has 1 aromatic rings. The fourth-order valence-electron chi connectivity index (χ4n) is 2.62. The van der Waals surface area contributed by atoms with Crippen LogP contribution in [0.2, 0.25) is 0 Å². The molecule has 1 saturated heterocycles. The maximum absolute atomic E-state index is 11.1. The molecule has 1 aromatic carbocycles. The van der Waals surface area contributed by atoms with Crippen LogP contribution in [0.25, 0.3) is 0 Å². The molecule has 1 aliphatic heterocycles. The Labute approximate surface area is 107 Å². The lowest BCUT2D eigenvalue weighted by Gasteiger charge is -2.21. The van der Waals surface area contributed by atoms with Crippen LogP contribution in [0.1, 0.15) is 18.9 Å². The standard InChI is InChI=1S/C13H19N3O2/c1-9-4-3-5-12(16(17)18)13(9)15-7-6-11(8-15)10(2)14/h3-5,10-11H,6-8,14H2,1-2H3. The average molecular weight is 249 g/mol. The Morgan fingerprint density at radius 1 is 1.56 bits per heavy atom. The minimum Gasteiger partial charge on any atom is -0.365 e. The molecule has 0 aliphatic carbocycles. The normalized spacial score (nSPS) is 21.1. The first-order valence-corrected chi connectivity index (χ1v) is 6.25. The summed E-state index contributed by atoms with van der Waals surface area (Å²) in [6, 6.07) is 5.36. The Balaban J connectivity index is 2.32. The van der Waals surface area contributed by atoms with Gasteiger partial charge in [-0.3, -0.25) is 10.1 Å². The SMILES string of the molecule is Cc1cccc([N+](=O)[O-])c1N1CCC(C(C)N)C1. The number of anilines is 1. The van der Waals surface area contributed by atoms with Crippen molar-refractivity contribution >= 4 is 11.4 Å². The Bertz CT molecular complexity index is 460. The highest BCUT2D eigenvalue weighted by atomic mass is 16.6. The molecule has 18 heavy (non-hydrogen) atoms. The first-order chi connectivity index (χ1) is 8.50. The molecule has 0 spiro atoms. The highest BCUT2D eigenvalue weighted by Crippen LogP contribution is 2.35. The summed E-state index contributed by atoms with van der Waals surface area (Å²) in [6.07, 6.45) is 1.00. The molecule has 2 unspecified atom stereocenters. The molecular weight excluding hydrogens is 230 g/mol. The number of aryl methyl sites for hydroxylation is 1. The average Bonchev–Trinajstić information content (AvgIpc) is 2.77. The Morgan fingerprint density at radius 2 is 2.28 bits per heavy atom. The summed E-state index contributed by atoms with van der Waals surface area (Å²) in [6.45, 7) is 5.57. The molecule has 0 radical (unpaired) electrons. The van der Waals surface area contributed by atoms with Gasteiger partial charge in [-0.1, -0.05) is 12.1 Å². The largest absolute Gasteiger partial charge is 0.365 e. The molecule has 1 aliphatic rings. The van der Waals surface area contributed by atoms with E-state index >= 15 is 0 Å². The summed E-state index contributed by atoms with van der Waals surface area (Å²) >= 11 is 0. The smallest absolute Gasteiger partial charge is 0.292 e. The van der Waals surface area contributed by atoms with E-state index in [0.29, 0.717) is 5.92 Å². The van der Waals surface area contributed by atoms with Gasteiger partial charge in [-0.2, -0.15) is 0 Å². The first-order valence-electron chi connectivity index (χ1n) is 6.25. The van der Waals surface area contributed by atoms with Crippen molar-refractivity contribution in [3.05, 3.63) is 33.9 Å². The molecule has 98 valence electrons. The lowest BCUT2D eigenvalue weighted by atomic mass is 10.0. The zero-order valence-electron chi connectivity index (χ0n) is 10.8. The van der Waals surface area contributed by atoms with Gasteiger partial charge in [0.2, 0.25) is 0 Å². The van der Waals surface area contributed by atoms with Crippen molar-refractivity contribution in [2.24, 2.45) is 11.7 Å². The summed E-state index contributed by atoms with van der Waals surface area (Å²) in [7, 11) is 0. The number of para-hydroxylation sites is 1. The van der Waals surface area contributed by atoms with Crippen molar-refractivity contribution in [3.63, 3.8) is 0 Å². The fourth-order valence-corrected chi connectivity index (χ4v) is 2.62. The van der Waals surface area contributed by atoms with Crippen molar-refractivity contribution in [1.82, 2.24) is 0 Å². The van der Waals surface area contributed by atoms with Gasteiger partial charge < -0.3 is 10.6 Å². The first kappa shape index (κ1) is 12.8. The van der Waals surface area contributed by atoms with Gasteiger partial charge in [-0.15, -0.1) is 0 Å².